The maximum atomic E-state index is 12.0. The Bertz CT molecular complexity index is 931. The number of rotatable bonds is 4. The second kappa shape index (κ2) is 6.07. The van der Waals surface area contributed by atoms with Crippen LogP contribution in [0.15, 0.2) is 48.7 Å². The first-order valence-corrected chi connectivity index (χ1v) is 7.59. The summed E-state index contributed by atoms with van der Waals surface area (Å²) in [7, 11) is 0. The van der Waals surface area contributed by atoms with Crippen molar-refractivity contribution in [1.82, 2.24) is 4.57 Å². The number of benzene rings is 2. The van der Waals surface area contributed by atoms with Crippen molar-refractivity contribution in [3.8, 4) is 0 Å². The van der Waals surface area contributed by atoms with Gasteiger partial charge in [0.15, 0.2) is 0 Å². The van der Waals surface area contributed by atoms with Gasteiger partial charge in [-0.05, 0) is 23.8 Å². The minimum Gasteiger partial charge on any atom is -0.363 e. The van der Waals surface area contributed by atoms with Gasteiger partial charge in [0.25, 0.3) is 11.7 Å². The van der Waals surface area contributed by atoms with Crippen molar-refractivity contribution in [2.75, 3.05) is 0 Å². The van der Waals surface area contributed by atoms with Gasteiger partial charge < -0.3 is 10.3 Å². The highest BCUT2D eigenvalue weighted by Crippen LogP contribution is 2.26. The molecule has 0 saturated heterocycles. The molecule has 3 rings (SSSR count). The molecule has 2 N–H and O–H groups in total. The van der Waals surface area contributed by atoms with Crippen LogP contribution in [0.4, 0.5) is 0 Å². The van der Waals surface area contributed by atoms with Gasteiger partial charge in [-0.2, -0.15) is 0 Å². The Morgan fingerprint density at radius 1 is 1.04 bits per heavy atom. The molecule has 0 fully saturated rings. The zero-order chi connectivity index (χ0) is 16.6. The molecule has 0 spiro atoms. The number of halogens is 2. The Morgan fingerprint density at radius 3 is 2.48 bits per heavy atom. The lowest BCUT2D eigenvalue weighted by Crippen LogP contribution is -2.22. The molecule has 6 heteroatoms. The summed E-state index contributed by atoms with van der Waals surface area (Å²) in [6, 6.07) is 12.7. The fourth-order valence-electron chi connectivity index (χ4n) is 2.53. The molecule has 1 heterocycles. The largest absolute Gasteiger partial charge is 0.363 e. The number of nitrogens with zero attached hydrogens (tertiary/aromatic N) is 1. The molecule has 1 amide bonds. The number of para-hydroxylation sites is 1. The number of nitrogens with two attached hydrogens (primary N) is 1. The van der Waals surface area contributed by atoms with E-state index in [-0.39, 0.29) is 0 Å². The second-order valence-electron chi connectivity index (χ2n) is 5.13. The predicted octanol–water partition coefficient (Wildman–Crippen LogP) is 3.66. The number of fused-ring (bicyclic) bond motifs is 1. The SMILES string of the molecule is NC(=O)C(=O)c1cn(Cc2ccc(Cl)c(Cl)c2)c2ccccc12. The third kappa shape index (κ3) is 2.96. The van der Waals surface area contributed by atoms with Gasteiger partial charge in [0, 0.05) is 23.6 Å². The number of amides is 1. The minimum atomic E-state index is -0.970. The van der Waals surface area contributed by atoms with Crippen molar-refractivity contribution in [2.24, 2.45) is 5.73 Å². The number of carbonyl (C=O) groups is 2. The summed E-state index contributed by atoms with van der Waals surface area (Å²) in [5.41, 5.74) is 7.19. The third-order valence-electron chi connectivity index (χ3n) is 3.59. The van der Waals surface area contributed by atoms with Gasteiger partial charge >= 0.3 is 0 Å². The minimum absolute atomic E-state index is 0.299. The highest BCUT2D eigenvalue weighted by molar-refractivity contribution is 6.44. The predicted molar refractivity (Wildman–Crippen MR) is 91.0 cm³/mol. The van der Waals surface area contributed by atoms with E-state index in [9.17, 15) is 9.59 Å². The number of hydrogen-bond donors (Lipinski definition) is 1. The zero-order valence-electron chi connectivity index (χ0n) is 11.9. The van der Waals surface area contributed by atoms with E-state index in [4.69, 9.17) is 28.9 Å². The zero-order valence-corrected chi connectivity index (χ0v) is 13.4. The standard InChI is InChI=1S/C17H12Cl2N2O2/c18-13-6-5-10(7-14(13)19)8-21-9-12(16(22)17(20)23)11-3-1-2-4-15(11)21/h1-7,9H,8H2,(H2,20,23). The first kappa shape index (κ1) is 15.6. The Balaban J connectivity index is 2.09. The quantitative estimate of drug-likeness (QED) is 0.578. The van der Waals surface area contributed by atoms with Gasteiger partial charge in [0.2, 0.25) is 0 Å². The van der Waals surface area contributed by atoms with Crippen LogP contribution in [0.3, 0.4) is 0 Å². The number of Topliss-reactive ketones (excluding diaryl/α,β-unsaturated/α-hetero) is 1. The van der Waals surface area contributed by atoms with E-state index < -0.39 is 11.7 Å². The monoisotopic (exact) mass is 346 g/mol. The Morgan fingerprint density at radius 2 is 1.78 bits per heavy atom. The van der Waals surface area contributed by atoms with Gasteiger partial charge in [-0.15, -0.1) is 0 Å². The smallest absolute Gasteiger partial charge is 0.289 e. The normalized spacial score (nSPS) is 10.9. The van der Waals surface area contributed by atoms with Crippen molar-refractivity contribution in [3.63, 3.8) is 0 Å². The topological polar surface area (TPSA) is 65.1 Å². The molecule has 0 aliphatic rings. The van der Waals surface area contributed by atoms with E-state index in [1.54, 1.807) is 24.4 Å². The Hall–Kier alpha value is -2.30. The maximum Gasteiger partial charge on any atom is 0.289 e. The molecule has 0 radical (unpaired) electrons. The molecule has 1 aromatic heterocycles. The lowest BCUT2D eigenvalue weighted by Gasteiger charge is -2.06. The van der Waals surface area contributed by atoms with Crippen LogP contribution in [0.5, 0.6) is 0 Å². The van der Waals surface area contributed by atoms with E-state index in [0.29, 0.717) is 27.5 Å². The number of primary amides is 1. The Kier molecular flexibility index (Phi) is 4.11. The number of hydrogen-bond acceptors (Lipinski definition) is 2. The van der Waals surface area contributed by atoms with Crippen LogP contribution in [-0.2, 0) is 11.3 Å². The summed E-state index contributed by atoms with van der Waals surface area (Å²) in [5.74, 6) is -1.67. The van der Waals surface area contributed by atoms with E-state index >= 15 is 0 Å². The summed E-state index contributed by atoms with van der Waals surface area (Å²) in [6.07, 6.45) is 1.64. The molecule has 2 aromatic carbocycles. The van der Waals surface area contributed by atoms with Gasteiger partial charge in [-0.3, -0.25) is 9.59 Å². The molecule has 0 aliphatic carbocycles. The molecule has 4 nitrogen and oxygen atoms in total. The van der Waals surface area contributed by atoms with E-state index in [2.05, 4.69) is 0 Å². The van der Waals surface area contributed by atoms with E-state index in [1.807, 2.05) is 28.8 Å². The lowest BCUT2D eigenvalue weighted by molar-refractivity contribution is -0.114. The number of ketones is 1. The fourth-order valence-corrected chi connectivity index (χ4v) is 2.85. The van der Waals surface area contributed by atoms with Crippen molar-refractivity contribution >= 4 is 45.8 Å². The van der Waals surface area contributed by atoms with E-state index in [1.165, 1.54) is 0 Å². The third-order valence-corrected chi connectivity index (χ3v) is 4.33. The van der Waals surface area contributed by atoms with Crippen LogP contribution in [0.1, 0.15) is 15.9 Å². The second-order valence-corrected chi connectivity index (χ2v) is 5.94. The van der Waals surface area contributed by atoms with Gasteiger partial charge in [0.1, 0.15) is 0 Å². The van der Waals surface area contributed by atoms with Crippen LogP contribution in [-0.4, -0.2) is 16.3 Å². The van der Waals surface area contributed by atoms with Crippen LogP contribution in [0.2, 0.25) is 10.0 Å². The summed E-state index contributed by atoms with van der Waals surface area (Å²) < 4.78 is 1.88. The molecule has 0 unspecified atom stereocenters. The van der Waals surface area contributed by atoms with Gasteiger partial charge in [-0.25, -0.2) is 0 Å². The van der Waals surface area contributed by atoms with Crippen LogP contribution in [0, 0.1) is 0 Å². The molecular weight excluding hydrogens is 335 g/mol. The number of carbonyl (C=O) groups excluding carboxylic acids is 2. The molecule has 23 heavy (non-hydrogen) atoms. The van der Waals surface area contributed by atoms with Crippen LogP contribution in [0.25, 0.3) is 10.9 Å². The van der Waals surface area contributed by atoms with Crippen LogP contribution >= 0.6 is 23.2 Å². The van der Waals surface area contributed by atoms with Gasteiger partial charge in [-0.1, -0.05) is 47.5 Å². The van der Waals surface area contributed by atoms with Gasteiger partial charge in [0.05, 0.1) is 15.6 Å². The summed E-state index contributed by atoms with van der Waals surface area (Å²) >= 11 is 12.0. The molecule has 116 valence electrons. The van der Waals surface area contributed by atoms with Crippen molar-refractivity contribution in [3.05, 3.63) is 69.8 Å². The molecule has 0 atom stereocenters. The average molecular weight is 347 g/mol. The van der Waals surface area contributed by atoms with E-state index in [0.717, 1.165) is 11.1 Å². The molecule has 0 saturated carbocycles. The molecule has 0 aliphatic heterocycles. The lowest BCUT2D eigenvalue weighted by atomic mass is 10.1. The maximum absolute atomic E-state index is 12.0. The molecule has 3 aromatic rings. The van der Waals surface area contributed by atoms with Crippen molar-refractivity contribution in [2.45, 2.75) is 6.54 Å². The first-order valence-electron chi connectivity index (χ1n) is 6.83. The molecular formula is C17H12Cl2N2O2. The summed E-state index contributed by atoms with van der Waals surface area (Å²) in [5, 5.41) is 1.64. The average Bonchev–Trinajstić information content (AvgIpc) is 2.89. The summed E-state index contributed by atoms with van der Waals surface area (Å²) in [6.45, 7) is 0.490. The van der Waals surface area contributed by atoms with Crippen molar-refractivity contribution in [1.29, 1.82) is 0 Å². The van der Waals surface area contributed by atoms with Crippen LogP contribution < -0.4 is 5.73 Å². The highest BCUT2D eigenvalue weighted by atomic mass is 35.5. The fraction of sp³-hybridized carbons (Fsp3) is 0.0588. The molecule has 0 bridgehead atoms. The first-order chi connectivity index (χ1) is 11.0. The number of aromatic nitrogens is 1. The van der Waals surface area contributed by atoms with Crippen molar-refractivity contribution < 1.29 is 9.59 Å². The Labute approximate surface area is 142 Å². The highest BCUT2D eigenvalue weighted by Gasteiger charge is 2.19. The summed E-state index contributed by atoms with van der Waals surface area (Å²) in [4.78, 5) is 23.2.